The number of methoxy groups -OCH3 is 1. The number of sulfone groups is 1. The van der Waals surface area contributed by atoms with E-state index in [0.29, 0.717) is 21.7 Å². The van der Waals surface area contributed by atoms with E-state index in [-0.39, 0.29) is 9.24 Å². The summed E-state index contributed by atoms with van der Waals surface area (Å²) >= 11 is 0.992. The molecule has 0 radical (unpaired) electrons. The molecule has 3 aromatic rings. The molecular formula is C15H14N2O5S3. The van der Waals surface area contributed by atoms with Crippen LogP contribution in [-0.4, -0.2) is 35.2 Å². The lowest BCUT2D eigenvalue weighted by molar-refractivity contribution is 0.413. The molecule has 1 aromatic heterocycles. The van der Waals surface area contributed by atoms with E-state index < -0.39 is 19.9 Å². The van der Waals surface area contributed by atoms with Gasteiger partial charge in [-0.15, -0.1) is 11.3 Å². The van der Waals surface area contributed by atoms with Crippen LogP contribution in [-0.2, 0) is 19.9 Å². The first kappa shape index (κ1) is 17.6. The SMILES string of the molecule is COc1cccc(S(=O)(=O)Nc2ccc3nc(S(C)(=O)=O)sc3c2)c1. The number of anilines is 1. The molecule has 0 unspecified atom stereocenters. The van der Waals surface area contributed by atoms with Gasteiger partial charge < -0.3 is 4.74 Å². The standard InChI is InChI=1S/C15H14N2O5S3/c1-22-11-4-3-5-12(9-11)25(20,21)17-10-6-7-13-14(8-10)23-15(16-13)24(2,18)19/h3-9,17H,1-2H3. The number of sulfonamides is 1. The molecule has 3 rings (SSSR count). The minimum Gasteiger partial charge on any atom is -0.497 e. The van der Waals surface area contributed by atoms with Gasteiger partial charge in [0.1, 0.15) is 5.75 Å². The number of aromatic nitrogens is 1. The monoisotopic (exact) mass is 398 g/mol. The van der Waals surface area contributed by atoms with E-state index in [1.807, 2.05) is 0 Å². The topological polar surface area (TPSA) is 102 Å². The molecule has 2 aromatic carbocycles. The summed E-state index contributed by atoms with van der Waals surface area (Å²) in [5.41, 5.74) is 0.814. The predicted molar refractivity (Wildman–Crippen MR) is 96.5 cm³/mol. The first-order chi connectivity index (χ1) is 11.7. The van der Waals surface area contributed by atoms with E-state index in [4.69, 9.17) is 4.74 Å². The maximum Gasteiger partial charge on any atom is 0.262 e. The van der Waals surface area contributed by atoms with Crippen LogP contribution in [0.2, 0.25) is 0 Å². The molecule has 0 saturated carbocycles. The molecule has 25 heavy (non-hydrogen) atoms. The van der Waals surface area contributed by atoms with Crippen molar-refractivity contribution in [3.8, 4) is 5.75 Å². The van der Waals surface area contributed by atoms with Crippen molar-refractivity contribution in [2.24, 2.45) is 0 Å². The van der Waals surface area contributed by atoms with E-state index in [1.54, 1.807) is 24.3 Å². The Morgan fingerprint density at radius 3 is 2.52 bits per heavy atom. The van der Waals surface area contributed by atoms with Gasteiger partial charge >= 0.3 is 0 Å². The molecule has 0 bridgehead atoms. The van der Waals surface area contributed by atoms with Crippen molar-refractivity contribution in [2.75, 3.05) is 18.1 Å². The van der Waals surface area contributed by atoms with Crippen LogP contribution in [0.15, 0.2) is 51.7 Å². The molecule has 0 aliphatic carbocycles. The molecular weight excluding hydrogens is 384 g/mol. The Bertz CT molecular complexity index is 1150. The minimum atomic E-state index is -3.80. The molecule has 0 amide bonds. The molecule has 0 spiro atoms. The molecule has 1 heterocycles. The summed E-state index contributed by atoms with van der Waals surface area (Å²) in [6.45, 7) is 0. The third-order valence-electron chi connectivity index (χ3n) is 3.29. The van der Waals surface area contributed by atoms with Gasteiger partial charge in [0.05, 0.1) is 27.9 Å². The van der Waals surface area contributed by atoms with Crippen molar-refractivity contribution in [3.63, 3.8) is 0 Å². The second-order valence-corrected chi connectivity index (χ2v) is 10.1. The highest BCUT2D eigenvalue weighted by Crippen LogP contribution is 2.29. The zero-order valence-electron chi connectivity index (χ0n) is 13.3. The fraction of sp³-hybridized carbons (Fsp3) is 0.133. The second kappa shape index (κ2) is 6.28. The smallest absolute Gasteiger partial charge is 0.262 e. The van der Waals surface area contributed by atoms with Crippen molar-refractivity contribution in [1.82, 2.24) is 4.98 Å². The van der Waals surface area contributed by atoms with Crippen LogP contribution >= 0.6 is 11.3 Å². The van der Waals surface area contributed by atoms with Crippen molar-refractivity contribution < 1.29 is 21.6 Å². The summed E-state index contributed by atoms with van der Waals surface area (Å²) in [7, 11) is -5.75. The van der Waals surface area contributed by atoms with Gasteiger partial charge in [0.15, 0.2) is 0 Å². The third kappa shape index (κ3) is 3.75. The van der Waals surface area contributed by atoms with E-state index >= 15 is 0 Å². The first-order valence-corrected chi connectivity index (χ1v) is 11.2. The summed E-state index contributed by atoms with van der Waals surface area (Å²) in [5, 5.41) is 0. The van der Waals surface area contributed by atoms with Crippen LogP contribution < -0.4 is 9.46 Å². The van der Waals surface area contributed by atoms with E-state index in [1.165, 1.54) is 25.3 Å². The van der Waals surface area contributed by atoms with Gasteiger partial charge in [0.2, 0.25) is 14.2 Å². The highest BCUT2D eigenvalue weighted by atomic mass is 32.2. The molecule has 0 fully saturated rings. The van der Waals surface area contributed by atoms with Gasteiger partial charge in [-0.25, -0.2) is 21.8 Å². The van der Waals surface area contributed by atoms with Crippen molar-refractivity contribution in [2.45, 2.75) is 9.24 Å². The van der Waals surface area contributed by atoms with Crippen molar-refractivity contribution in [3.05, 3.63) is 42.5 Å². The van der Waals surface area contributed by atoms with Crippen LogP contribution in [0, 0.1) is 0 Å². The Morgan fingerprint density at radius 2 is 1.84 bits per heavy atom. The molecule has 10 heteroatoms. The maximum atomic E-state index is 12.5. The Morgan fingerprint density at radius 1 is 1.08 bits per heavy atom. The molecule has 0 aliphatic rings. The number of hydrogen-bond acceptors (Lipinski definition) is 7. The first-order valence-electron chi connectivity index (χ1n) is 6.96. The van der Waals surface area contributed by atoms with Gasteiger partial charge in [-0.3, -0.25) is 4.72 Å². The number of nitrogens with one attached hydrogen (secondary N) is 1. The average Bonchev–Trinajstić information content (AvgIpc) is 2.98. The van der Waals surface area contributed by atoms with Crippen LogP contribution in [0.25, 0.3) is 10.2 Å². The van der Waals surface area contributed by atoms with Crippen LogP contribution in [0.3, 0.4) is 0 Å². The molecule has 1 N–H and O–H groups in total. The zero-order valence-corrected chi connectivity index (χ0v) is 15.7. The largest absolute Gasteiger partial charge is 0.497 e. The summed E-state index contributed by atoms with van der Waals surface area (Å²) in [5.74, 6) is 0.429. The molecule has 0 aliphatic heterocycles. The molecule has 0 atom stereocenters. The Balaban J connectivity index is 1.96. The van der Waals surface area contributed by atoms with Gasteiger partial charge in [-0.2, -0.15) is 0 Å². The number of fused-ring (bicyclic) bond motifs is 1. The fourth-order valence-corrected chi connectivity index (χ4v) is 5.07. The van der Waals surface area contributed by atoms with Crippen LogP contribution in [0.4, 0.5) is 5.69 Å². The number of hydrogen-bond donors (Lipinski definition) is 1. The van der Waals surface area contributed by atoms with E-state index in [0.717, 1.165) is 17.6 Å². The van der Waals surface area contributed by atoms with Crippen LogP contribution in [0.5, 0.6) is 5.75 Å². The summed E-state index contributed by atoms with van der Waals surface area (Å²) < 4.78 is 56.2. The van der Waals surface area contributed by atoms with Gasteiger partial charge in [-0.05, 0) is 30.3 Å². The predicted octanol–water partition coefficient (Wildman–Crippen LogP) is 2.51. The van der Waals surface area contributed by atoms with Gasteiger partial charge in [0.25, 0.3) is 10.0 Å². The number of benzene rings is 2. The Hall–Kier alpha value is -2.17. The molecule has 132 valence electrons. The number of rotatable bonds is 5. The zero-order chi connectivity index (χ0) is 18.2. The van der Waals surface area contributed by atoms with Gasteiger partial charge in [-0.1, -0.05) is 6.07 Å². The van der Waals surface area contributed by atoms with Crippen molar-refractivity contribution >= 4 is 47.1 Å². The lowest BCUT2D eigenvalue weighted by Crippen LogP contribution is -2.12. The van der Waals surface area contributed by atoms with Crippen molar-refractivity contribution in [1.29, 1.82) is 0 Å². The average molecular weight is 398 g/mol. The highest BCUT2D eigenvalue weighted by molar-refractivity contribution is 7.93. The maximum absolute atomic E-state index is 12.5. The van der Waals surface area contributed by atoms with Gasteiger partial charge in [0, 0.05) is 12.3 Å². The van der Waals surface area contributed by atoms with E-state index in [2.05, 4.69) is 9.71 Å². The van der Waals surface area contributed by atoms with Crippen LogP contribution in [0.1, 0.15) is 0 Å². The number of thiazole rings is 1. The fourth-order valence-electron chi connectivity index (χ4n) is 2.11. The Labute approximate surface area is 149 Å². The number of nitrogens with zero attached hydrogens (tertiary/aromatic N) is 1. The lowest BCUT2D eigenvalue weighted by Gasteiger charge is -2.09. The minimum absolute atomic E-state index is 0.00435. The lowest BCUT2D eigenvalue weighted by atomic mass is 10.3. The summed E-state index contributed by atoms with van der Waals surface area (Å²) in [4.78, 5) is 4.10. The number of ether oxygens (including phenoxy) is 1. The van der Waals surface area contributed by atoms with E-state index in [9.17, 15) is 16.8 Å². The molecule has 0 saturated heterocycles. The Kier molecular flexibility index (Phi) is 4.43. The quantitative estimate of drug-likeness (QED) is 0.708. The molecule has 7 nitrogen and oxygen atoms in total. The highest BCUT2D eigenvalue weighted by Gasteiger charge is 2.17. The normalized spacial score (nSPS) is 12.2. The third-order valence-corrected chi connectivity index (χ3v) is 7.37. The summed E-state index contributed by atoms with van der Waals surface area (Å²) in [6, 6.07) is 10.8. The summed E-state index contributed by atoms with van der Waals surface area (Å²) in [6.07, 6.45) is 1.08. The second-order valence-electron chi connectivity index (χ2n) is 5.22.